The van der Waals surface area contributed by atoms with Crippen molar-refractivity contribution in [1.82, 2.24) is 15.0 Å². The van der Waals surface area contributed by atoms with Crippen LogP contribution in [-0.4, -0.2) is 15.0 Å². The van der Waals surface area contributed by atoms with Crippen molar-refractivity contribution in [1.29, 1.82) is 0 Å². The molecule has 0 saturated carbocycles. The molecule has 0 amide bonds. The van der Waals surface area contributed by atoms with Gasteiger partial charge in [-0.1, -0.05) is 44.5 Å². The van der Waals surface area contributed by atoms with Gasteiger partial charge in [-0.3, -0.25) is 0 Å². The lowest BCUT2D eigenvalue weighted by Gasteiger charge is -2.13. The molecule has 0 aliphatic carbocycles. The highest BCUT2D eigenvalue weighted by molar-refractivity contribution is 7.15. The number of hydrogen-bond acceptors (Lipinski definition) is 5. The number of nitrogen functional groups attached to an aromatic ring is 1. The van der Waals surface area contributed by atoms with Gasteiger partial charge in [0.2, 0.25) is 5.28 Å². The first-order valence-corrected chi connectivity index (χ1v) is 8.89. The second-order valence-electron chi connectivity index (χ2n) is 6.37. The summed E-state index contributed by atoms with van der Waals surface area (Å²) in [5.41, 5.74) is 8.65. The minimum atomic E-state index is -0.0959. The lowest BCUT2D eigenvalue weighted by atomic mass is 9.98. The van der Waals surface area contributed by atoms with E-state index in [1.165, 1.54) is 0 Å². The summed E-state index contributed by atoms with van der Waals surface area (Å²) in [6, 6.07) is 7.36. The maximum atomic E-state index is 6.42. The summed E-state index contributed by atoms with van der Waals surface area (Å²) in [5.74, 6) is 0. The van der Waals surface area contributed by atoms with Crippen molar-refractivity contribution in [3.8, 4) is 21.8 Å². The van der Waals surface area contributed by atoms with Gasteiger partial charge in [-0.15, -0.1) is 11.3 Å². The van der Waals surface area contributed by atoms with Crippen molar-refractivity contribution in [2.75, 3.05) is 5.73 Å². The van der Waals surface area contributed by atoms with Crippen LogP contribution in [-0.2, 0) is 5.41 Å². The Kier molecular flexibility index (Phi) is 4.51. The molecule has 0 saturated heterocycles. The molecule has 2 aromatic heterocycles. The van der Waals surface area contributed by atoms with Crippen LogP contribution < -0.4 is 5.73 Å². The minimum Gasteiger partial charge on any atom is -0.398 e. The van der Waals surface area contributed by atoms with Gasteiger partial charge in [-0.05, 0) is 23.7 Å². The molecular formula is C17H16Cl2N4S. The Morgan fingerprint density at radius 3 is 2.50 bits per heavy atom. The Bertz CT molecular complexity index is 900. The van der Waals surface area contributed by atoms with Gasteiger partial charge in [0.15, 0.2) is 0 Å². The molecule has 4 nitrogen and oxygen atoms in total. The highest BCUT2D eigenvalue weighted by Gasteiger charge is 2.25. The average molecular weight is 379 g/mol. The van der Waals surface area contributed by atoms with E-state index in [1.54, 1.807) is 23.6 Å². The number of aromatic nitrogens is 3. The fourth-order valence-electron chi connectivity index (χ4n) is 2.19. The summed E-state index contributed by atoms with van der Waals surface area (Å²) in [5, 5.41) is 1.67. The van der Waals surface area contributed by atoms with Crippen LogP contribution in [0.15, 0.2) is 30.5 Å². The maximum absolute atomic E-state index is 6.42. The molecule has 124 valence electrons. The molecular weight excluding hydrogens is 363 g/mol. The predicted molar refractivity (Wildman–Crippen MR) is 102 cm³/mol. The van der Waals surface area contributed by atoms with E-state index in [0.717, 1.165) is 26.8 Å². The quantitative estimate of drug-likeness (QED) is 0.475. The molecule has 3 aromatic rings. The van der Waals surface area contributed by atoms with Gasteiger partial charge in [-0.25, -0.2) is 15.0 Å². The zero-order chi connectivity index (χ0) is 17.5. The minimum absolute atomic E-state index is 0.0959. The Hall–Kier alpha value is -1.69. The molecule has 0 radical (unpaired) electrons. The largest absolute Gasteiger partial charge is 0.398 e. The van der Waals surface area contributed by atoms with Gasteiger partial charge in [0, 0.05) is 17.2 Å². The fraction of sp³-hybridized carbons (Fsp3) is 0.235. The predicted octanol–water partition coefficient (Wildman–Crippen LogP) is 5.45. The van der Waals surface area contributed by atoms with Gasteiger partial charge in [0.05, 0.1) is 32.0 Å². The van der Waals surface area contributed by atoms with Crippen molar-refractivity contribution in [2.45, 2.75) is 26.2 Å². The second-order valence-corrected chi connectivity index (χ2v) is 8.08. The molecule has 0 unspecified atom stereocenters. The SMILES string of the molecule is CC(C)(C)c1nc(-c2cccc(N)c2Cl)c(-c2ccnc(Cl)n2)s1. The first-order valence-electron chi connectivity index (χ1n) is 7.32. The number of nitrogens with two attached hydrogens (primary N) is 1. The molecule has 0 bridgehead atoms. The van der Waals surface area contributed by atoms with E-state index < -0.39 is 0 Å². The van der Waals surface area contributed by atoms with E-state index in [0.29, 0.717) is 10.7 Å². The third kappa shape index (κ3) is 3.24. The van der Waals surface area contributed by atoms with Crippen molar-refractivity contribution >= 4 is 40.2 Å². The number of thiazole rings is 1. The smallest absolute Gasteiger partial charge is 0.222 e. The molecule has 0 aliphatic heterocycles. The summed E-state index contributed by atoms with van der Waals surface area (Å²) in [4.78, 5) is 14.0. The molecule has 24 heavy (non-hydrogen) atoms. The van der Waals surface area contributed by atoms with Crippen LogP contribution in [0.3, 0.4) is 0 Å². The lowest BCUT2D eigenvalue weighted by molar-refractivity contribution is 0.586. The number of halogens is 2. The summed E-state index contributed by atoms with van der Waals surface area (Å²) in [6.45, 7) is 6.36. The topological polar surface area (TPSA) is 64.7 Å². The Morgan fingerprint density at radius 1 is 1.08 bits per heavy atom. The van der Waals surface area contributed by atoms with Crippen molar-refractivity contribution in [2.24, 2.45) is 0 Å². The van der Waals surface area contributed by atoms with Crippen molar-refractivity contribution in [3.63, 3.8) is 0 Å². The Balaban J connectivity index is 2.28. The zero-order valence-corrected chi connectivity index (χ0v) is 15.8. The van der Waals surface area contributed by atoms with E-state index in [2.05, 4.69) is 30.7 Å². The lowest BCUT2D eigenvalue weighted by Crippen LogP contribution is -2.10. The van der Waals surface area contributed by atoms with Gasteiger partial charge in [-0.2, -0.15) is 0 Å². The number of benzene rings is 1. The van der Waals surface area contributed by atoms with Gasteiger partial charge in [0.1, 0.15) is 0 Å². The second kappa shape index (κ2) is 6.31. The maximum Gasteiger partial charge on any atom is 0.222 e. The number of nitrogens with zero attached hydrogens (tertiary/aromatic N) is 3. The summed E-state index contributed by atoms with van der Waals surface area (Å²) < 4.78 is 0. The standard InChI is InChI=1S/C17H16Cl2N4S/c1-17(2,3)15-23-13(9-5-4-6-10(20)12(9)18)14(24-15)11-7-8-21-16(19)22-11/h4-8H,20H2,1-3H3. The highest BCUT2D eigenvalue weighted by Crippen LogP contribution is 2.43. The van der Waals surface area contributed by atoms with E-state index >= 15 is 0 Å². The number of rotatable bonds is 2. The summed E-state index contributed by atoms with van der Waals surface area (Å²) in [6.07, 6.45) is 1.63. The molecule has 1 aromatic carbocycles. The molecule has 3 rings (SSSR count). The Labute approximate surface area is 154 Å². The van der Waals surface area contributed by atoms with Gasteiger partial charge < -0.3 is 5.73 Å². The highest BCUT2D eigenvalue weighted by atomic mass is 35.5. The van der Waals surface area contributed by atoms with Crippen molar-refractivity contribution in [3.05, 3.63) is 45.8 Å². The molecule has 0 atom stereocenters. The molecule has 2 N–H and O–H groups in total. The monoisotopic (exact) mass is 378 g/mol. The zero-order valence-electron chi connectivity index (χ0n) is 13.5. The molecule has 7 heteroatoms. The van der Waals surface area contributed by atoms with Crippen molar-refractivity contribution < 1.29 is 0 Å². The van der Waals surface area contributed by atoms with E-state index in [4.69, 9.17) is 33.9 Å². The van der Waals surface area contributed by atoms with E-state index in [9.17, 15) is 0 Å². The average Bonchev–Trinajstić information content (AvgIpc) is 2.95. The van der Waals surface area contributed by atoms with E-state index in [-0.39, 0.29) is 10.7 Å². The summed E-state index contributed by atoms with van der Waals surface area (Å²) >= 11 is 14.0. The fourth-order valence-corrected chi connectivity index (χ4v) is 3.66. The number of hydrogen-bond donors (Lipinski definition) is 1. The first kappa shape index (κ1) is 17.1. The van der Waals surface area contributed by atoms with Crippen LogP contribution in [0.1, 0.15) is 25.8 Å². The third-order valence-corrected chi connectivity index (χ3v) is 5.52. The molecule has 2 heterocycles. The first-order chi connectivity index (χ1) is 11.3. The van der Waals surface area contributed by atoms with E-state index in [1.807, 2.05) is 18.2 Å². The third-order valence-electron chi connectivity index (χ3n) is 3.41. The molecule has 0 spiro atoms. The number of anilines is 1. The van der Waals surface area contributed by atoms with Gasteiger partial charge in [0.25, 0.3) is 0 Å². The Morgan fingerprint density at radius 2 is 1.83 bits per heavy atom. The molecule has 0 aliphatic rings. The van der Waals surface area contributed by atoms with Crippen LogP contribution in [0.25, 0.3) is 21.8 Å². The molecule has 0 fully saturated rings. The van der Waals surface area contributed by atoms with Gasteiger partial charge >= 0.3 is 0 Å². The van der Waals surface area contributed by atoms with Crippen LogP contribution in [0.4, 0.5) is 5.69 Å². The van der Waals surface area contributed by atoms with Crippen LogP contribution in [0.5, 0.6) is 0 Å². The van der Waals surface area contributed by atoms with Crippen LogP contribution in [0.2, 0.25) is 10.3 Å². The van der Waals surface area contributed by atoms with Crippen LogP contribution >= 0.6 is 34.5 Å². The summed E-state index contributed by atoms with van der Waals surface area (Å²) in [7, 11) is 0. The normalized spacial score (nSPS) is 11.7. The van der Waals surface area contributed by atoms with Crippen LogP contribution in [0, 0.1) is 0 Å².